The molecule has 5 nitrogen and oxygen atoms in total. The second kappa shape index (κ2) is 13.3. The summed E-state index contributed by atoms with van der Waals surface area (Å²) in [4.78, 5) is 21.7. The summed E-state index contributed by atoms with van der Waals surface area (Å²) in [6, 6.07) is 57.2. The van der Waals surface area contributed by atoms with Crippen LogP contribution in [-0.2, 0) is 0 Å². The number of aromatic nitrogens is 3. The number of benzene rings is 8. The van der Waals surface area contributed by atoms with Gasteiger partial charge in [0, 0.05) is 34.0 Å². The van der Waals surface area contributed by atoms with E-state index in [0.29, 0.717) is 29.1 Å². The highest BCUT2D eigenvalue weighted by molar-refractivity contribution is 6.25. The standard InChI is InChI=1S/C52H33N5/c1-53-38-29-36(34-16-13-17-39(31-34)57-48-24-11-9-22-45(48)46-23-10-12-25-49(46)57)28-37(30-38)52-55-50(33-14-3-2-4-15-33)54-51(56-52)35-26-27-44-42-20-6-5-18-40(42)41-19-7-8-21-43(41)47(44)32-35/h2-32,45,48H. The minimum absolute atomic E-state index is 0.194. The van der Waals surface area contributed by atoms with Gasteiger partial charge in [-0.05, 0) is 91.5 Å². The molecule has 266 valence electrons. The van der Waals surface area contributed by atoms with E-state index in [0.717, 1.165) is 38.9 Å². The molecule has 9 aromatic rings. The van der Waals surface area contributed by atoms with Crippen molar-refractivity contribution in [1.82, 2.24) is 15.0 Å². The second-order valence-corrected chi connectivity index (χ2v) is 14.7. The molecule has 1 aliphatic heterocycles. The zero-order valence-corrected chi connectivity index (χ0v) is 30.8. The molecule has 2 aliphatic rings. The fraction of sp³-hybridized carbons (Fsp3) is 0.0385. The number of allylic oxidation sites excluding steroid dienone is 2. The van der Waals surface area contributed by atoms with E-state index in [1.807, 2.05) is 42.5 Å². The summed E-state index contributed by atoms with van der Waals surface area (Å²) in [7, 11) is 0. The first-order valence-electron chi connectivity index (χ1n) is 19.2. The van der Waals surface area contributed by atoms with E-state index in [9.17, 15) is 0 Å². The molecule has 1 aromatic heterocycles. The quantitative estimate of drug-likeness (QED) is 0.131. The number of hydrogen-bond acceptors (Lipinski definition) is 4. The fourth-order valence-electron chi connectivity index (χ4n) is 8.79. The lowest BCUT2D eigenvalue weighted by Crippen LogP contribution is -2.28. The Balaban J connectivity index is 1.06. The van der Waals surface area contributed by atoms with Gasteiger partial charge in [0.15, 0.2) is 23.2 Å². The highest BCUT2D eigenvalue weighted by atomic mass is 15.2. The Bertz CT molecular complexity index is 3140. The van der Waals surface area contributed by atoms with E-state index < -0.39 is 0 Å². The minimum atomic E-state index is 0.194. The SMILES string of the molecule is [C-]#[N+]c1cc(-c2cccc(N3c4ccccc4C4C=CC=CC43)c2)cc(-c2nc(-c3ccccc3)nc(-c3ccc4c5ccccc5c5ccccc5c4c3)n2)c1. The Morgan fingerprint density at radius 3 is 1.79 bits per heavy atom. The van der Waals surface area contributed by atoms with Gasteiger partial charge in [0.1, 0.15) is 0 Å². The van der Waals surface area contributed by atoms with Crippen LogP contribution in [0.1, 0.15) is 11.5 Å². The van der Waals surface area contributed by atoms with Crippen molar-refractivity contribution in [2.24, 2.45) is 0 Å². The van der Waals surface area contributed by atoms with E-state index in [1.165, 1.54) is 38.2 Å². The predicted octanol–water partition coefficient (Wildman–Crippen LogP) is 13.3. The lowest BCUT2D eigenvalue weighted by atomic mass is 9.91. The van der Waals surface area contributed by atoms with Crippen LogP contribution in [0, 0.1) is 6.57 Å². The zero-order chi connectivity index (χ0) is 37.9. The van der Waals surface area contributed by atoms with Crippen molar-refractivity contribution in [2.45, 2.75) is 12.0 Å². The first kappa shape index (κ1) is 32.7. The molecule has 0 bridgehead atoms. The molecule has 11 rings (SSSR count). The molecule has 1 aliphatic carbocycles. The van der Waals surface area contributed by atoms with Crippen LogP contribution in [-0.4, -0.2) is 21.0 Å². The molecule has 0 spiro atoms. The molecule has 57 heavy (non-hydrogen) atoms. The summed E-state index contributed by atoms with van der Waals surface area (Å²) in [5.74, 6) is 1.96. The molecule has 2 heterocycles. The maximum atomic E-state index is 8.13. The van der Waals surface area contributed by atoms with Gasteiger partial charge in [0.25, 0.3) is 0 Å². The lowest BCUT2D eigenvalue weighted by molar-refractivity contribution is 0.745. The smallest absolute Gasteiger partial charge is 0.188 e. The van der Waals surface area contributed by atoms with Gasteiger partial charge < -0.3 is 4.90 Å². The van der Waals surface area contributed by atoms with Gasteiger partial charge in [-0.25, -0.2) is 19.8 Å². The summed E-state index contributed by atoms with van der Waals surface area (Å²) in [5.41, 5.74) is 8.67. The molecular formula is C52H33N5. The van der Waals surface area contributed by atoms with Gasteiger partial charge in [-0.3, -0.25) is 0 Å². The Labute approximate surface area is 330 Å². The second-order valence-electron chi connectivity index (χ2n) is 14.7. The van der Waals surface area contributed by atoms with Crippen LogP contribution in [0.5, 0.6) is 0 Å². The number of anilines is 2. The largest absolute Gasteiger partial charge is 0.333 e. The molecule has 5 heteroatoms. The molecular weight excluding hydrogens is 695 g/mol. The molecule has 0 N–H and O–H groups in total. The van der Waals surface area contributed by atoms with E-state index in [1.54, 1.807) is 0 Å². The number of hydrogen-bond donors (Lipinski definition) is 0. The number of para-hydroxylation sites is 1. The molecule has 2 atom stereocenters. The van der Waals surface area contributed by atoms with E-state index in [-0.39, 0.29) is 6.04 Å². The third-order valence-corrected chi connectivity index (χ3v) is 11.4. The van der Waals surface area contributed by atoms with Crippen molar-refractivity contribution in [3.05, 3.63) is 205 Å². The number of fused-ring (bicyclic) bond motifs is 9. The van der Waals surface area contributed by atoms with Crippen LogP contribution in [0.25, 0.3) is 82.5 Å². The molecule has 8 aromatic carbocycles. The van der Waals surface area contributed by atoms with Crippen LogP contribution in [0.3, 0.4) is 0 Å². The topological polar surface area (TPSA) is 46.3 Å². The van der Waals surface area contributed by atoms with Crippen LogP contribution in [0.4, 0.5) is 17.1 Å². The molecule has 2 unspecified atom stereocenters. The minimum Gasteiger partial charge on any atom is -0.333 e. The normalized spacial score (nSPS) is 15.5. The van der Waals surface area contributed by atoms with Crippen LogP contribution in [0.15, 0.2) is 188 Å². The first-order valence-corrected chi connectivity index (χ1v) is 19.2. The van der Waals surface area contributed by atoms with E-state index >= 15 is 0 Å². The Morgan fingerprint density at radius 1 is 0.439 bits per heavy atom. The van der Waals surface area contributed by atoms with Crippen molar-refractivity contribution < 1.29 is 0 Å². The molecule has 0 radical (unpaired) electrons. The van der Waals surface area contributed by atoms with E-state index in [2.05, 4.69) is 155 Å². The summed E-state index contributed by atoms with van der Waals surface area (Å²) in [5, 5.41) is 7.19. The third kappa shape index (κ3) is 5.50. The van der Waals surface area contributed by atoms with Gasteiger partial charge in [-0.15, -0.1) is 0 Å². The maximum Gasteiger partial charge on any atom is 0.188 e. The summed E-state index contributed by atoms with van der Waals surface area (Å²) in [6.45, 7) is 8.13. The maximum absolute atomic E-state index is 8.13. The molecule has 0 saturated heterocycles. The Kier molecular flexibility index (Phi) is 7.61. The average Bonchev–Trinajstić information content (AvgIpc) is 3.63. The fourth-order valence-corrected chi connectivity index (χ4v) is 8.79. The number of nitrogens with zero attached hydrogens (tertiary/aromatic N) is 5. The van der Waals surface area contributed by atoms with Gasteiger partial charge in [0.05, 0.1) is 12.6 Å². The van der Waals surface area contributed by atoms with Crippen LogP contribution in [0.2, 0.25) is 0 Å². The highest BCUT2D eigenvalue weighted by Gasteiger charge is 2.37. The van der Waals surface area contributed by atoms with Gasteiger partial charge in [-0.2, -0.15) is 0 Å². The van der Waals surface area contributed by atoms with Crippen molar-refractivity contribution in [3.8, 4) is 45.3 Å². The third-order valence-electron chi connectivity index (χ3n) is 11.4. The molecule has 0 fully saturated rings. The number of rotatable bonds is 5. The van der Waals surface area contributed by atoms with Gasteiger partial charge >= 0.3 is 0 Å². The predicted molar refractivity (Wildman–Crippen MR) is 234 cm³/mol. The van der Waals surface area contributed by atoms with Crippen molar-refractivity contribution in [1.29, 1.82) is 0 Å². The van der Waals surface area contributed by atoms with Gasteiger partial charge in [-0.1, -0.05) is 146 Å². The van der Waals surface area contributed by atoms with Crippen molar-refractivity contribution in [3.63, 3.8) is 0 Å². The summed E-state index contributed by atoms with van der Waals surface area (Å²) >= 11 is 0. The summed E-state index contributed by atoms with van der Waals surface area (Å²) in [6.07, 6.45) is 8.88. The zero-order valence-electron chi connectivity index (χ0n) is 30.8. The summed E-state index contributed by atoms with van der Waals surface area (Å²) < 4.78 is 0. The van der Waals surface area contributed by atoms with Crippen molar-refractivity contribution in [2.75, 3.05) is 4.90 Å². The molecule has 0 saturated carbocycles. The lowest BCUT2D eigenvalue weighted by Gasteiger charge is -2.29. The first-order chi connectivity index (χ1) is 28.2. The van der Waals surface area contributed by atoms with Crippen molar-refractivity contribution >= 4 is 49.4 Å². The van der Waals surface area contributed by atoms with Crippen LogP contribution >= 0.6 is 0 Å². The average molecular weight is 728 g/mol. The monoisotopic (exact) mass is 727 g/mol. The molecule has 0 amide bonds. The Hall–Kier alpha value is -7.68. The van der Waals surface area contributed by atoms with Gasteiger partial charge in [0.2, 0.25) is 0 Å². The Morgan fingerprint density at radius 2 is 1.04 bits per heavy atom. The van der Waals surface area contributed by atoms with Crippen LogP contribution < -0.4 is 4.90 Å². The highest BCUT2D eigenvalue weighted by Crippen LogP contribution is 2.48. The van der Waals surface area contributed by atoms with E-state index in [4.69, 9.17) is 21.5 Å².